The molecule has 1 aromatic heterocycles. The van der Waals surface area contributed by atoms with Crippen LogP contribution in [0.5, 0.6) is 0 Å². The number of aromatic nitrogens is 1. The minimum Gasteiger partial charge on any atom is -0.477 e. The van der Waals surface area contributed by atoms with E-state index in [4.69, 9.17) is 5.11 Å². The zero-order chi connectivity index (χ0) is 11.8. The van der Waals surface area contributed by atoms with Gasteiger partial charge in [0.05, 0.1) is 4.70 Å². The summed E-state index contributed by atoms with van der Waals surface area (Å²) in [4.78, 5) is 10.3. The summed E-state index contributed by atoms with van der Waals surface area (Å²) >= 11 is 1.09. The molecule has 0 atom stereocenters. The summed E-state index contributed by atoms with van der Waals surface area (Å²) in [5, 5.41) is 9.12. The summed E-state index contributed by atoms with van der Waals surface area (Å²) in [5.41, 5.74) is 0.312. The minimum atomic E-state index is -3.74. The standard InChI is InChI=1S/C10H7F2NO2S/c11-10(12,9(14)15)4-6-2-1-3-7-5-13-16-8(6)7/h1-3,5H,4H2,(H,14,15). The van der Waals surface area contributed by atoms with Gasteiger partial charge in [0.15, 0.2) is 0 Å². The zero-order valence-corrected chi connectivity index (χ0v) is 8.80. The number of fused-ring (bicyclic) bond motifs is 1. The van der Waals surface area contributed by atoms with E-state index in [9.17, 15) is 13.6 Å². The Balaban J connectivity index is 2.41. The predicted octanol–water partition coefficient (Wildman–Crippen LogP) is 2.56. The van der Waals surface area contributed by atoms with E-state index in [-0.39, 0.29) is 0 Å². The van der Waals surface area contributed by atoms with E-state index >= 15 is 0 Å². The lowest BCUT2D eigenvalue weighted by Crippen LogP contribution is -2.30. The van der Waals surface area contributed by atoms with Crippen molar-refractivity contribution < 1.29 is 18.7 Å². The van der Waals surface area contributed by atoms with Crippen molar-refractivity contribution in [1.29, 1.82) is 0 Å². The number of hydrogen-bond donors (Lipinski definition) is 1. The molecule has 0 bridgehead atoms. The molecule has 0 aliphatic carbocycles. The van der Waals surface area contributed by atoms with E-state index < -0.39 is 18.3 Å². The number of benzene rings is 1. The van der Waals surface area contributed by atoms with Crippen LogP contribution >= 0.6 is 11.5 Å². The highest BCUT2D eigenvalue weighted by Gasteiger charge is 2.39. The van der Waals surface area contributed by atoms with Crippen LogP contribution in [0.3, 0.4) is 0 Å². The number of hydrogen-bond acceptors (Lipinski definition) is 3. The zero-order valence-electron chi connectivity index (χ0n) is 7.98. The van der Waals surface area contributed by atoms with Crippen LogP contribution in [0.2, 0.25) is 0 Å². The van der Waals surface area contributed by atoms with Crippen molar-refractivity contribution in [3.05, 3.63) is 30.0 Å². The van der Waals surface area contributed by atoms with Gasteiger partial charge in [-0.3, -0.25) is 0 Å². The maximum Gasteiger partial charge on any atom is 0.374 e. The second kappa shape index (κ2) is 3.79. The number of halogens is 2. The molecule has 0 unspecified atom stereocenters. The molecule has 84 valence electrons. The first-order chi connectivity index (χ1) is 7.50. The highest BCUT2D eigenvalue weighted by atomic mass is 32.1. The first-order valence-electron chi connectivity index (χ1n) is 4.44. The Hall–Kier alpha value is -1.56. The molecular weight excluding hydrogens is 236 g/mol. The van der Waals surface area contributed by atoms with Gasteiger partial charge in [-0.1, -0.05) is 18.2 Å². The number of aliphatic carboxylic acids is 1. The summed E-state index contributed by atoms with van der Waals surface area (Å²) in [5.74, 6) is -5.84. The average Bonchev–Trinajstić information content (AvgIpc) is 2.65. The van der Waals surface area contributed by atoms with Gasteiger partial charge in [0, 0.05) is 18.0 Å². The quantitative estimate of drug-likeness (QED) is 0.901. The molecule has 0 fully saturated rings. The van der Waals surface area contributed by atoms with E-state index in [2.05, 4.69) is 4.37 Å². The van der Waals surface area contributed by atoms with Gasteiger partial charge in [0.1, 0.15) is 0 Å². The fourth-order valence-electron chi connectivity index (χ4n) is 1.41. The normalized spacial score (nSPS) is 11.9. The molecule has 3 nitrogen and oxygen atoms in total. The second-order valence-corrected chi connectivity index (χ2v) is 4.15. The highest BCUT2D eigenvalue weighted by Crippen LogP contribution is 2.28. The van der Waals surface area contributed by atoms with E-state index in [0.29, 0.717) is 10.3 Å². The molecule has 0 aliphatic heterocycles. The number of carbonyl (C=O) groups is 1. The molecule has 1 aromatic carbocycles. The molecule has 2 aromatic rings. The average molecular weight is 243 g/mol. The fourth-order valence-corrected chi connectivity index (χ4v) is 2.16. The lowest BCUT2D eigenvalue weighted by atomic mass is 10.1. The van der Waals surface area contributed by atoms with Crippen molar-refractivity contribution in [1.82, 2.24) is 4.37 Å². The Labute approximate surface area is 93.5 Å². The van der Waals surface area contributed by atoms with E-state index in [1.54, 1.807) is 18.3 Å². The number of carboxylic acids is 1. The van der Waals surface area contributed by atoms with Gasteiger partial charge >= 0.3 is 11.9 Å². The van der Waals surface area contributed by atoms with Crippen molar-refractivity contribution in [2.45, 2.75) is 12.3 Å². The number of nitrogens with zero attached hydrogens (tertiary/aromatic N) is 1. The minimum absolute atomic E-state index is 0.312. The van der Waals surface area contributed by atoms with Gasteiger partial charge in [0.2, 0.25) is 0 Å². The van der Waals surface area contributed by atoms with Gasteiger partial charge in [-0.2, -0.15) is 13.2 Å². The summed E-state index contributed by atoms with van der Waals surface area (Å²) in [6.07, 6.45) is 0.768. The third kappa shape index (κ3) is 1.88. The molecule has 2 rings (SSSR count). The van der Waals surface area contributed by atoms with Crippen LogP contribution in [-0.2, 0) is 11.2 Å². The van der Waals surface area contributed by atoms with Crippen LogP contribution in [0, 0.1) is 0 Å². The van der Waals surface area contributed by atoms with Crippen LogP contribution in [-0.4, -0.2) is 21.4 Å². The molecule has 0 amide bonds. The molecule has 6 heteroatoms. The lowest BCUT2D eigenvalue weighted by molar-refractivity contribution is -0.164. The third-order valence-electron chi connectivity index (χ3n) is 2.19. The Kier molecular flexibility index (Phi) is 2.59. The molecule has 16 heavy (non-hydrogen) atoms. The maximum atomic E-state index is 13.1. The van der Waals surface area contributed by atoms with E-state index in [1.807, 2.05) is 0 Å². The highest BCUT2D eigenvalue weighted by molar-refractivity contribution is 7.13. The van der Waals surface area contributed by atoms with Crippen molar-refractivity contribution in [3.8, 4) is 0 Å². The van der Waals surface area contributed by atoms with Crippen molar-refractivity contribution in [3.63, 3.8) is 0 Å². The van der Waals surface area contributed by atoms with Gasteiger partial charge in [-0.05, 0) is 17.1 Å². The van der Waals surface area contributed by atoms with E-state index in [0.717, 1.165) is 16.9 Å². The summed E-state index contributed by atoms with van der Waals surface area (Å²) in [6, 6.07) is 4.86. The first-order valence-corrected chi connectivity index (χ1v) is 5.21. The SMILES string of the molecule is O=C(O)C(F)(F)Cc1cccc2cnsc12. The molecule has 0 radical (unpaired) electrons. The van der Waals surface area contributed by atoms with Gasteiger partial charge < -0.3 is 5.11 Å². The van der Waals surface area contributed by atoms with Gasteiger partial charge in [0.25, 0.3) is 0 Å². The molecule has 0 saturated heterocycles. The summed E-state index contributed by atoms with van der Waals surface area (Å²) in [7, 11) is 0. The third-order valence-corrected chi connectivity index (χ3v) is 3.08. The number of rotatable bonds is 3. The Morgan fingerprint density at radius 3 is 2.94 bits per heavy atom. The van der Waals surface area contributed by atoms with Crippen LogP contribution in [0.1, 0.15) is 5.56 Å². The monoisotopic (exact) mass is 243 g/mol. The Morgan fingerprint density at radius 1 is 1.50 bits per heavy atom. The lowest BCUT2D eigenvalue weighted by Gasteiger charge is -2.11. The predicted molar refractivity (Wildman–Crippen MR) is 55.9 cm³/mol. The van der Waals surface area contributed by atoms with Crippen molar-refractivity contribution in [2.24, 2.45) is 0 Å². The number of alkyl halides is 2. The molecule has 0 aliphatic rings. The number of carboxylic acid groups (broad SMARTS) is 1. The van der Waals surface area contributed by atoms with Crippen molar-refractivity contribution >= 4 is 27.6 Å². The smallest absolute Gasteiger partial charge is 0.374 e. The van der Waals surface area contributed by atoms with Crippen LogP contribution < -0.4 is 0 Å². The van der Waals surface area contributed by atoms with Crippen LogP contribution in [0.25, 0.3) is 10.1 Å². The Morgan fingerprint density at radius 2 is 2.25 bits per heavy atom. The van der Waals surface area contributed by atoms with Crippen molar-refractivity contribution in [2.75, 3.05) is 0 Å². The Bertz CT molecular complexity index is 538. The second-order valence-electron chi connectivity index (χ2n) is 3.35. The maximum absolute atomic E-state index is 13.1. The van der Waals surface area contributed by atoms with Crippen LogP contribution in [0.15, 0.2) is 24.4 Å². The molecule has 1 N–H and O–H groups in total. The topological polar surface area (TPSA) is 50.2 Å². The molecule has 0 spiro atoms. The molecular formula is C10H7F2NO2S. The molecule has 0 saturated carbocycles. The van der Waals surface area contributed by atoms with E-state index in [1.165, 1.54) is 6.07 Å². The largest absolute Gasteiger partial charge is 0.477 e. The summed E-state index contributed by atoms with van der Waals surface area (Å²) < 4.78 is 30.6. The summed E-state index contributed by atoms with van der Waals surface area (Å²) in [6.45, 7) is 0. The van der Waals surface area contributed by atoms with Crippen LogP contribution in [0.4, 0.5) is 8.78 Å². The fraction of sp³-hybridized carbons (Fsp3) is 0.200. The first kappa shape index (κ1) is 10.9. The van der Waals surface area contributed by atoms with Gasteiger partial charge in [-0.15, -0.1) is 0 Å². The van der Waals surface area contributed by atoms with Gasteiger partial charge in [-0.25, -0.2) is 4.79 Å². The molecule has 1 heterocycles.